The third-order valence-electron chi connectivity index (χ3n) is 3.67. The Morgan fingerprint density at radius 2 is 1.17 bits per heavy atom. The molecule has 0 aliphatic heterocycles. The number of hydrogen-bond donors (Lipinski definition) is 0. The molecule has 23 heavy (non-hydrogen) atoms. The van der Waals surface area contributed by atoms with Crippen LogP contribution < -0.4 is 0 Å². The zero-order valence-electron chi connectivity index (χ0n) is 14.4. The van der Waals surface area contributed by atoms with Gasteiger partial charge in [-0.05, 0) is 0 Å². The Morgan fingerprint density at radius 1 is 0.783 bits per heavy atom. The fourth-order valence-corrected chi connectivity index (χ4v) is 7.38. The summed E-state index contributed by atoms with van der Waals surface area (Å²) in [5.41, 5.74) is 2.37. The standard InChI is InChI=1S/C18H22N2S2Se/c1-9(2)17-19-11(5)15(21-17)13-7-8-14(23-13)16-12(6)20-18(22-16)10(3)4/h7-10H,1-6H3. The molecule has 0 atom stereocenters. The molecule has 0 radical (unpaired) electrons. The molecule has 0 fully saturated rings. The van der Waals surface area contributed by atoms with Gasteiger partial charge in [0.1, 0.15) is 0 Å². The molecule has 5 heteroatoms. The molecule has 122 valence electrons. The second kappa shape index (κ2) is 6.64. The number of thiazole rings is 2. The summed E-state index contributed by atoms with van der Waals surface area (Å²) in [4.78, 5) is 12.3. The van der Waals surface area contributed by atoms with Crippen LogP contribution in [0.15, 0.2) is 12.1 Å². The SMILES string of the molecule is Cc1nc(C(C)C)sc1-c1ccc(-c2sc(C(C)C)nc2C)[se]1. The second-order valence-electron chi connectivity index (χ2n) is 6.41. The average Bonchev–Trinajstić information content (AvgIpc) is 3.16. The van der Waals surface area contributed by atoms with Gasteiger partial charge in [-0.25, -0.2) is 0 Å². The van der Waals surface area contributed by atoms with Gasteiger partial charge in [0, 0.05) is 0 Å². The van der Waals surface area contributed by atoms with Crippen LogP contribution in [-0.4, -0.2) is 24.5 Å². The molecule has 0 spiro atoms. The van der Waals surface area contributed by atoms with Crippen molar-refractivity contribution in [2.75, 3.05) is 0 Å². The zero-order valence-corrected chi connectivity index (χ0v) is 17.8. The summed E-state index contributed by atoms with van der Waals surface area (Å²) in [5.74, 6) is 1.01. The number of rotatable bonds is 4. The number of hydrogen-bond acceptors (Lipinski definition) is 4. The van der Waals surface area contributed by atoms with E-state index in [4.69, 9.17) is 9.97 Å². The second-order valence-corrected chi connectivity index (χ2v) is 10.7. The van der Waals surface area contributed by atoms with E-state index >= 15 is 0 Å². The van der Waals surface area contributed by atoms with Crippen LogP contribution in [0, 0.1) is 13.8 Å². The summed E-state index contributed by atoms with van der Waals surface area (Å²) in [5, 5.41) is 2.50. The van der Waals surface area contributed by atoms with Crippen molar-refractivity contribution in [2.24, 2.45) is 0 Å². The molecule has 0 N–H and O–H groups in total. The Labute approximate surface area is 152 Å². The van der Waals surface area contributed by atoms with Crippen molar-refractivity contribution < 1.29 is 0 Å². The summed E-state index contributed by atoms with van der Waals surface area (Å²) in [7, 11) is 0. The molecule has 3 heterocycles. The van der Waals surface area contributed by atoms with E-state index in [0.717, 1.165) is 0 Å². The summed E-state index contributed by atoms with van der Waals surface area (Å²) in [6, 6.07) is 4.60. The van der Waals surface area contributed by atoms with Crippen LogP contribution in [0.1, 0.15) is 60.9 Å². The van der Waals surface area contributed by atoms with E-state index in [9.17, 15) is 0 Å². The van der Waals surface area contributed by atoms with Crippen molar-refractivity contribution >= 4 is 37.2 Å². The molecule has 0 amide bonds. The molecule has 0 unspecified atom stereocenters. The molecular formula is C18H22N2S2Se. The van der Waals surface area contributed by atoms with Crippen LogP contribution in [0.3, 0.4) is 0 Å². The quantitative estimate of drug-likeness (QED) is 0.505. The van der Waals surface area contributed by atoms with Gasteiger partial charge < -0.3 is 0 Å². The number of nitrogens with zero attached hydrogens (tertiary/aromatic N) is 2. The summed E-state index contributed by atoms with van der Waals surface area (Å²) >= 11 is 4.09. The summed E-state index contributed by atoms with van der Waals surface area (Å²) in [6.07, 6.45) is 0. The Balaban J connectivity index is 1.98. The van der Waals surface area contributed by atoms with E-state index in [1.807, 2.05) is 22.7 Å². The number of aromatic nitrogens is 2. The van der Waals surface area contributed by atoms with Gasteiger partial charge in [-0.15, -0.1) is 0 Å². The van der Waals surface area contributed by atoms with Gasteiger partial charge in [-0.3, -0.25) is 0 Å². The maximum absolute atomic E-state index is 4.75. The third-order valence-corrected chi connectivity index (χ3v) is 9.58. The molecule has 3 aromatic rings. The first-order valence-electron chi connectivity index (χ1n) is 7.92. The average molecular weight is 409 g/mol. The first-order chi connectivity index (χ1) is 10.9. The van der Waals surface area contributed by atoms with E-state index in [2.05, 4.69) is 53.7 Å². The van der Waals surface area contributed by atoms with Crippen LogP contribution in [0.25, 0.3) is 18.6 Å². The van der Waals surface area contributed by atoms with Crippen LogP contribution in [0.2, 0.25) is 0 Å². The van der Waals surface area contributed by atoms with Crippen molar-refractivity contribution in [2.45, 2.75) is 53.4 Å². The normalized spacial score (nSPS) is 11.8. The number of aryl methyl sites for hydroxylation is 2. The molecule has 0 bridgehead atoms. The minimum atomic E-state index is 0.358. The fraction of sp³-hybridized carbons (Fsp3) is 0.444. The molecule has 0 aromatic carbocycles. The minimum absolute atomic E-state index is 0.358. The van der Waals surface area contributed by atoms with E-state index in [1.165, 1.54) is 40.0 Å². The summed E-state index contributed by atoms with van der Waals surface area (Å²) < 4.78 is 2.93. The van der Waals surface area contributed by atoms with Gasteiger partial charge in [0.2, 0.25) is 0 Å². The van der Waals surface area contributed by atoms with E-state index in [-0.39, 0.29) is 0 Å². The van der Waals surface area contributed by atoms with Crippen molar-refractivity contribution in [1.29, 1.82) is 0 Å². The van der Waals surface area contributed by atoms with Gasteiger partial charge in [0.05, 0.1) is 0 Å². The van der Waals surface area contributed by atoms with Gasteiger partial charge in [-0.2, -0.15) is 0 Å². The molecule has 3 aromatic heterocycles. The first-order valence-corrected chi connectivity index (χ1v) is 11.3. The maximum atomic E-state index is 4.75. The van der Waals surface area contributed by atoms with E-state index in [0.29, 0.717) is 26.3 Å². The Kier molecular flexibility index (Phi) is 4.93. The molecule has 0 aliphatic rings. The molecule has 0 saturated carbocycles. The van der Waals surface area contributed by atoms with Crippen LogP contribution in [-0.2, 0) is 0 Å². The predicted molar refractivity (Wildman–Crippen MR) is 103 cm³/mol. The first kappa shape index (κ1) is 17.1. The molecule has 2 nitrogen and oxygen atoms in total. The molecule has 0 saturated heterocycles. The van der Waals surface area contributed by atoms with Gasteiger partial charge >= 0.3 is 153 Å². The Morgan fingerprint density at radius 3 is 1.48 bits per heavy atom. The Bertz CT molecular complexity index is 757. The van der Waals surface area contributed by atoms with Crippen molar-refractivity contribution in [3.05, 3.63) is 33.5 Å². The molecular weight excluding hydrogens is 387 g/mol. The van der Waals surface area contributed by atoms with Gasteiger partial charge in [0.15, 0.2) is 0 Å². The van der Waals surface area contributed by atoms with Gasteiger partial charge in [0.25, 0.3) is 0 Å². The van der Waals surface area contributed by atoms with E-state index in [1.54, 1.807) is 0 Å². The van der Waals surface area contributed by atoms with Crippen LogP contribution in [0.5, 0.6) is 0 Å². The van der Waals surface area contributed by atoms with E-state index < -0.39 is 0 Å². The van der Waals surface area contributed by atoms with Gasteiger partial charge in [-0.1, -0.05) is 0 Å². The Hall–Kier alpha value is -0.741. The summed E-state index contributed by atoms with van der Waals surface area (Å²) in [6.45, 7) is 13.1. The van der Waals surface area contributed by atoms with Crippen molar-refractivity contribution in [1.82, 2.24) is 9.97 Å². The van der Waals surface area contributed by atoms with Crippen LogP contribution in [0.4, 0.5) is 0 Å². The van der Waals surface area contributed by atoms with Crippen molar-refractivity contribution in [3.8, 4) is 18.6 Å². The monoisotopic (exact) mass is 410 g/mol. The van der Waals surface area contributed by atoms with Crippen molar-refractivity contribution in [3.63, 3.8) is 0 Å². The fourth-order valence-electron chi connectivity index (χ4n) is 2.37. The molecule has 3 rings (SSSR count). The topological polar surface area (TPSA) is 25.8 Å². The predicted octanol–water partition coefficient (Wildman–Crippen LogP) is 5.85. The molecule has 0 aliphatic carbocycles. The third kappa shape index (κ3) is 3.39. The van der Waals surface area contributed by atoms with Crippen LogP contribution >= 0.6 is 22.7 Å². The zero-order chi connectivity index (χ0) is 16.7.